The predicted molar refractivity (Wildman–Crippen MR) is 58.2 cm³/mol. The van der Waals surface area contributed by atoms with Gasteiger partial charge in [0, 0.05) is 25.0 Å². The average molecular weight is 198 g/mol. The smallest absolute Gasteiger partial charge is 0.217 e. The number of piperidine rings is 1. The van der Waals surface area contributed by atoms with E-state index in [0.29, 0.717) is 6.04 Å². The van der Waals surface area contributed by atoms with Crippen molar-refractivity contribution in [3.05, 3.63) is 0 Å². The molecule has 14 heavy (non-hydrogen) atoms. The van der Waals surface area contributed by atoms with Crippen molar-refractivity contribution in [2.45, 2.75) is 52.1 Å². The number of likely N-dealkylation sites (tertiary alicyclic amines) is 1. The monoisotopic (exact) mass is 198 g/mol. The lowest BCUT2D eigenvalue weighted by molar-refractivity contribution is -0.120. The summed E-state index contributed by atoms with van der Waals surface area (Å²) in [6.45, 7) is 10.4. The highest BCUT2D eigenvalue weighted by molar-refractivity contribution is 5.73. The van der Waals surface area contributed by atoms with E-state index in [1.807, 2.05) is 0 Å². The van der Waals surface area contributed by atoms with Crippen LogP contribution in [0.1, 0.15) is 40.5 Å². The van der Waals surface area contributed by atoms with Gasteiger partial charge in [0.1, 0.15) is 0 Å². The number of carbonyl (C=O) groups excluding carboxylic acids is 1. The van der Waals surface area contributed by atoms with Crippen molar-refractivity contribution < 1.29 is 4.79 Å². The minimum absolute atomic E-state index is 0.0887. The predicted octanol–water partition coefficient (Wildman–Crippen LogP) is 1.39. The Morgan fingerprint density at radius 1 is 1.43 bits per heavy atom. The van der Waals surface area contributed by atoms with E-state index in [2.05, 4.69) is 31.0 Å². The van der Waals surface area contributed by atoms with E-state index in [9.17, 15) is 4.79 Å². The summed E-state index contributed by atoms with van der Waals surface area (Å²) < 4.78 is 0. The van der Waals surface area contributed by atoms with Gasteiger partial charge in [-0.1, -0.05) is 0 Å². The first-order chi connectivity index (χ1) is 6.39. The molecule has 0 radical (unpaired) electrons. The zero-order chi connectivity index (χ0) is 10.8. The second kappa shape index (κ2) is 4.30. The van der Waals surface area contributed by atoms with Crippen LogP contribution >= 0.6 is 0 Å². The van der Waals surface area contributed by atoms with Gasteiger partial charge in [-0.25, -0.2) is 0 Å². The summed E-state index contributed by atoms with van der Waals surface area (Å²) in [4.78, 5) is 13.4. The van der Waals surface area contributed by atoms with Crippen LogP contribution in [-0.4, -0.2) is 35.5 Å². The summed E-state index contributed by atoms with van der Waals surface area (Å²) in [7, 11) is 0. The zero-order valence-corrected chi connectivity index (χ0v) is 9.76. The number of nitrogens with one attached hydrogen (secondary N) is 1. The Balaban J connectivity index is 2.48. The van der Waals surface area contributed by atoms with Crippen LogP contribution in [0, 0.1) is 0 Å². The molecule has 1 rings (SSSR count). The molecule has 1 unspecified atom stereocenters. The molecule has 1 aliphatic rings. The van der Waals surface area contributed by atoms with Crippen LogP contribution in [0.2, 0.25) is 0 Å². The molecule has 0 aliphatic carbocycles. The van der Waals surface area contributed by atoms with Gasteiger partial charge in [-0.15, -0.1) is 0 Å². The molecule has 3 heteroatoms. The van der Waals surface area contributed by atoms with Gasteiger partial charge in [0.05, 0.1) is 0 Å². The Bertz CT molecular complexity index is 208. The molecular weight excluding hydrogens is 176 g/mol. The van der Waals surface area contributed by atoms with Crippen molar-refractivity contribution in [1.29, 1.82) is 0 Å². The maximum absolute atomic E-state index is 10.9. The molecule has 1 N–H and O–H groups in total. The Kier molecular flexibility index (Phi) is 3.53. The summed E-state index contributed by atoms with van der Waals surface area (Å²) in [5.41, 5.74) is 0.219. The molecule has 0 bridgehead atoms. The fourth-order valence-electron chi connectivity index (χ4n) is 1.99. The first kappa shape index (κ1) is 11.5. The molecule has 1 amide bonds. The van der Waals surface area contributed by atoms with E-state index >= 15 is 0 Å². The Labute approximate surface area is 86.9 Å². The minimum Gasteiger partial charge on any atom is -0.352 e. The average Bonchev–Trinajstić information content (AvgIpc) is 2.01. The fraction of sp³-hybridized carbons (Fsp3) is 0.909. The molecule has 82 valence electrons. The number of carbonyl (C=O) groups is 1. The molecule has 1 fully saturated rings. The molecule has 0 spiro atoms. The molecule has 0 aromatic heterocycles. The van der Waals surface area contributed by atoms with Gasteiger partial charge in [-0.2, -0.15) is 0 Å². The molecule has 1 atom stereocenters. The van der Waals surface area contributed by atoms with Crippen LogP contribution in [0.25, 0.3) is 0 Å². The van der Waals surface area contributed by atoms with E-state index in [-0.39, 0.29) is 11.4 Å². The van der Waals surface area contributed by atoms with Gasteiger partial charge >= 0.3 is 0 Å². The number of hydrogen-bond donors (Lipinski definition) is 1. The maximum Gasteiger partial charge on any atom is 0.217 e. The Hall–Kier alpha value is -0.570. The molecule has 1 aliphatic heterocycles. The lowest BCUT2D eigenvalue weighted by atomic mass is 9.98. The number of nitrogens with zero attached hydrogens (tertiary/aromatic N) is 1. The molecular formula is C11H22N2O. The maximum atomic E-state index is 10.9. The third kappa shape index (κ3) is 3.29. The molecule has 0 aromatic rings. The third-order valence-corrected chi connectivity index (χ3v) is 2.78. The highest BCUT2D eigenvalue weighted by Crippen LogP contribution is 2.19. The van der Waals surface area contributed by atoms with Crippen molar-refractivity contribution in [3.8, 4) is 0 Å². The number of hydrogen-bond acceptors (Lipinski definition) is 2. The van der Waals surface area contributed by atoms with Crippen LogP contribution in [0.3, 0.4) is 0 Å². The van der Waals surface area contributed by atoms with E-state index in [1.54, 1.807) is 6.92 Å². The molecule has 0 aromatic carbocycles. The van der Waals surface area contributed by atoms with Crippen LogP contribution < -0.4 is 5.32 Å². The van der Waals surface area contributed by atoms with Crippen molar-refractivity contribution in [2.75, 3.05) is 13.1 Å². The number of amides is 1. The Morgan fingerprint density at radius 3 is 2.57 bits per heavy atom. The van der Waals surface area contributed by atoms with Crippen molar-refractivity contribution >= 4 is 5.91 Å². The first-order valence-corrected chi connectivity index (χ1v) is 5.42. The highest BCUT2D eigenvalue weighted by atomic mass is 16.1. The molecule has 1 saturated heterocycles. The zero-order valence-electron chi connectivity index (χ0n) is 9.76. The van der Waals surface area contributed by atoms with Gasteiger partial charge in [0.25, 0.3) is 0 Å². The van der Waals surface area contributed by atoms with Gasteiger partial charge in [-0.05, 0) is 40.2 Å². The quantitative estimate of drug-likeness (QED) is 0.690. The van der Waals surface area contributed by atoms with Crippen LogP contribution in [0.5, 0.6) is 0 Å². The largest absolute Gasteiger partial charge is 0.352 e. The molecule has 3 nitrogen and oxygen atoms in total. The van der Waals surface area contributed by atoms with Crippen molar-refractivity contribution in [3.63, 3.8) is 0 Å². The Morgan fingerprint density at radius 2 is 2.07 bits per heavy atom. The van der Waals surface area contributed by atoms with Crippen LogP contribution in [-0.2, 0) is 4.79 Å². The minimum atomic E-state index is 0.0887. The lowest BCUT2D eigenvalue weighted by Gasteiger charge is -2.41. The fourth-order valence-corrected chi connectivity index (χ4v) is 1.99. The van der Waals surface area contributed by atoms with Gasteiger partial charge in [0.2, 0.25) is 5.91 Å². The summed E-state index contributed by atoms with van der Waals surface area (Å²) in [5, 5.41) is 3.00. The van der Waals surface area contributed by atoms with Crippen LogP contribution in [0.4, 0.5) is 0 Å². The van der Waals surface area contributed by atoms with Crippen molar-refractivity contribution in [1.82, 2.24) is 10.2 Å². The summed E-state index contributed by atoms with van der Waals surface area (Å²) in [5.74, 6) is 0.0887. The van der Waals surface area contributed by atoms with Crippen LogP contribution in [0.15, 0.2) is 0 Å². The standard InChI is InChI=1S/C11H22N2O/c1-9(14)12-10-6-5-7-13(8-10)11(2,3)4/h10H,5-8H2,1-4H3,(H,12,14). The normalized spacial score (nSPS) is 24.7. The van der Waals surface area contributed by atoms with Gasteiger partial charge in [0.15, 0.2) is 0 Å². The second-order valence-electron chi connectivity index (χ2n) is 5.16. The highest BCUT2D eigenvalue weighted by Gasteiger charge is 2.27. The van der Waals surface area contributed by atoms with E-state index in [0.717, 1.165) is 19.5 Å². The third-order valence-electron chi connectivity index (χ3n) is 2.78. The number of rotatable bonds is 1. The van der Waals surface area contributed by atoms with E-state index in [4.69, 9.17) is 0 Å². The van der Waals surface area contributed by atoms with Gasteiger partial charge in [-0.3, -0.25) is 9.69 Å². The topological polar surface area (TPSA) is 32.3 Å². The molecule has 1 heterocycles. The summed E-state index contributed by atoms with van der Waals surface area (Å²) in [6.07, 6.45) is 2.30. The summed E-state index contributed by atoms with van der Waals surface area (Å²) in [6, 6.07) is 0.348. The van der Waals surface area contributed by atoms with Crippen molar-refractivity contribution in [2.24, 2.45) is 0 Å². The first-order valence-electron chi connectivity index (χ1n) is 5.42. The van der Waals surface area contributed by atoms with Gasteiger partial charge < -0.3 is 5.32 Å². The summed E-state index contributed by atoms with van der Waals surface area (Å²) >= 11 is 0. The molecule has 0 saturated carbocycles. The van der Waals surface area contributed by atoms with E-state index < -0.39 is 0 Å². The lowest BCUT2D eigenvalue weighted by Crippen LogP contribution is -2.53. The SMILES string of the molecule is CC(=O)NC1CCCN(C(C)(C)C)C1. The second-order valence-corrected chi connectivity index (χ2v) is 5.16. The van der Waals surface area contributed by atoms with E-state index in [1.165, 1.54) is 6.42 Å².